The summed E-state index contributed by atoms with van der Waals surface area (Å²) in [6.45, 7) is -1.50. The highest BCUT2D eigenvalue weighted by atomic mass is 19.3. The Morgan fingerprint density at radius 2 is 1.96 bits per heavy atom. The molecule has 0 aliphatic rings. The van der Waals surface area contributed by atoms with Crippen LogP contribution in [0.15, 0.2) is 41.2 Å². The van der Waals surface area contributed by atoms with Gasteiger partial charge in [-0.25, -0.2) is 4.79 Å². The first-order valence-corrected chi connectivity index (χ1v) is 7.85. The highest BCUT2D eigenvalue weighted by molar-refractivity contribution is 5.49. The van der Waals surface area contributed by atoms with Crippen LogP contribution in [-0.4, -0.2) is 31.5 Å². The molecule has 1 aromatic heterocycles. The summed E-state index contributed by atoms with van der Waals surface area (Å²) in [7, 11) is 1.42. The number of aromatic hydroxyl groups is 1. The van der Waals surface area contributed by atoms with E-state index in [4.69, 9.17) is 4.74 Å². The Morgan fingerprint density at radius 3 is 2.59 bits per heavy atom. The van der Waals surface area contributed by atoms with Crippen molar-refractivity contribution in [2.75, 3.05) is 0 Å². The number of alkyl halides is 2. The Hall–Kier alpha value is -3.43. The fourth-order valence-electron chi connectivity index (χ4n) is 2.51. The number of halogens is 2. The first kappa shape index (κ1) is 18.4. The minimum Gasteiger partial charge on any atom is -0.508 e. The van der Waals surface area contributed by atoms with Crippen molar-refractivity contribution in [3.8, 4) is 22.9 Å². The zero-order chi connectivity index (χ0) is 19.6. The summed E-state index contributed by atoms with van der Waals surface area (Å²) in [4.78, 5) is 12.2. The van der Waals surface area contributed by atoms with Gasteiger partial charge in [-0.1, -0.05) is 6.07 Å². The van der Waals surface area contributed by atoms with E-state index in [1.54, 1.807) is 13.0 Å². The van der Waals surface area contributed by atoms with Gasteiger partial charge in [0.1, 0.15) is 23.9 Å². The molecule has 10 heteroatoms. The van der Waals surface area contributed by atoms with Gasteiger partial charge in [0, 0.05) is 7.05 Å². The van der Waals surface area contributed by atoms with E-state index >= 15 is 0 Å². The van der Waals surface area contributed by atoms with Crippen LogP contribution in [0.2, 0.25) is 0 Å². The molecule has 2 aromatic carbocycles. The second kappa shape index (κ2) is 7.44. The van der Waals surface area contributed by atoms with Crippen molar-refractivity contribution in [1.82, 2.24) is 19.8 Å². The van der Waals surface area contributed by atoms with Crippen molar-refractivity contribution in [2.24, 2.45) is 7.05 Å². The molecule has 0 radical (unpaired) electrons. The quantitative estimate of drug-likeness (QED) is 0.707. The molecule has 0 unspecified atom stereocenters. The number of phenols is 1. The first-order valence-electron chi connectivity index (χ1n) is 7.85. The van der Waals surface area contributed by atoms with Gasteiger partial charge in [0.2, 0.25) is 0 Å². The topological polar surface area (TPSA) is 91.4 Å². The summed E-state index contributed by atoms with van der Waals surface area (Å²) in [5, 5.41) is 16.8. The molecule has 0 aliphatic carbocycles. The first-order chi connectivity index (χ1) is 12.9. The number of benzene rings is 2. The number of ether oxygens (including phenoxy) is 2. The third-order valence-corrected chi connectivity index (χ3v) is 3.80. The summed E-state index contributed by atoms with van der Waals surface area (Å²) < 4.78 is 37.8. The molecule has 8 nitrogen and oxygen atoms in total. The Labute approximate surface area is 152 Å². The summed E-state index contributed by atoms with van der Waals surface area (Å²) >= 11 is 0. The van der Waals surface area contributed by atoms with Crippen molar-refractivity contribution in [3.05, 3.63) is 58.0 Å². The van der Waals surface area contributed by atoms with Crippen LogP contribution in [0.25, 0.3) is 5.69 Å². The van der Waals surface area contributed by atoms with E-state index in [9.17, 15) is 18.7 Å². The van der Waals surface area contributed by atoms with Crippen LogP contribution < -0.4 is 15.2 Å². The molecule has 0 aliphatic heterocycles. The summed E-state index contributed by atoms with van der Waals surface area (Å²) in [5.74, 6) is 0.377. The average molecular weight is 378 g/mol. The van der Waals surface area contributed by atoms with Crippen molar-refractivity contribution < 1.29 is 23.4 Å². The van der Waals surface area contributed by atoms with Crippen LogP contribution in [0.4, 0.5) is 8.78 Å². The zero-order valence-electron chi connectivity index (χ0n) is 14.5. The molecule has 1 N–H and O–H groups in total. The molecule has 0 amide bonds. The molecular weight excluding hydrogens is 362 g/mol. The minimum atomic E-state index is -3.05. The molecule has 0 saturated carbocycles. The third-order valence-electron chi connectivity index (χ3n) is 3.80. The number of hydrogen-bond acceptors (Lipinski definition) is 6. The maximum Gasteiger partial charge on any atom is 0.387 e. The number of nitrogens with zero attached hydrogens (tertiary/aromatic N) is 4. The van der Waals surface area contributed by atoms with Crippen molar-refractivity contribution in [2.45, 2.75) is 20.1 Å². The van der Waals surface area contributed by atoms with Gasteiger partial charge in [-0.15, -0.1) is 0 Å². The lowest BCUT2D eigenvalue weighted by Crippen LogP contribution is -2.23. The van der Waals surface area contributed by atoms with Gasteiger partial charge >= 0.3 is 12.3 Å². The Balaban J connectivity index is 2.02. The molecular formula is C17H16F2N4O4. The molecule has 142 valence electrons. The number of tetrazole rings is 1. The minimum absolute atomic E-state index is 0.0769. The lowest BCUT2D eigenvalue weighted by Gasteiger charge is -2.16. The third kappa shape index (κ3) is 3.89. The van der Waals surface area contributed by atoms with Crippen LogP contribution in [0.3, 0.4) is 0 Å². The standard InChI is InChI=1S/C17H16F2N4O4/c1-10-8-11(24)6-7-14(10)26-9-12-13(23-17(25)22(2)20-21-23)4-3-5-15(12)27-16(18)19/h3-8,16,24H,9H2,1-2H3. The lowest BCUT2D eigenvalue weighted by atomic mass is 10.1. The molecule has 0 atom stereocenters. The summed E-state index contributed by atoms with van der Waals surface area (Å²) in [6, 6.07) is 8.83. The maximum atomic E-state index is 12.8. The number of hydrogen-bond donors (Lipinski definition) is 1. The van der Waals surface area contributed by atoms with E-state index < -0.39 is 12.3 Å². The van der Waals surface area contributed by atoms with Crippen molar-refractivity contribution in [3.63, 3.8) is 0 Å². The van der Waals surface area contributed by atoms with Gasteiger partial charge in [0.05, 0.1) is 11.3 Å². The number of rotatable bonds is 6. The normalized spacial score (nSPS) is 11.0. The van der Waals surface area contributed by atoms with Gasteiger partial charge in [-0.05, 0) is 53.2 Å². The molecule has 3 aromatic rings. The summed E-state index contributed by atoms with van der Waals surface area (Å²) in [6.07, 6.45) is 0. The number of aromatic nitrogens is 4. The highest BCUT2D eigenvalue weighted by Gasteiger charge is 2.18. The Morgan fingerprint density at radius 1 is 1.19 bits per heavy atom. The fourth-order valence-corrected chi connectivity index (χ4v) is 2.51. The second-order valence-corrected chi connectivity index (χ2v) is 5.67. The smallest absolute Gasteiger partial charge is 0.387 e. The monoisotopic (exact) mass is 378 g/mol. The number of phenolic OH excluding ortho intramolecular Hbond substituents is 1. The van der Waals surface area contributed by atoms with E-state index in [1.165, 1.54) is 37.4 Å². The van der Waals surface area contributed by atoms with Crippen LogP contribution >= 0.6 is 0 Å². The zero-order valence-corrected chi connectivity index (χ0v) is 14.5. The lowest BCUT2D eigenvalue weighted by molar-refractivity contribution is -0.0508. The van der Waals surface area contributed by atoms with Gasteiger partial charge in [-0.3, -0.25) is 0 Å². The van der Waals surface area contributed by atoms with Crippen molar-refractivity contribution >= 4 is 0 Å². The van der Waals surface area contributed by atoms with E-state index in [2.05, 4.69) is 15.2 Å². The SMILES string of the molecule is Cc1cc(O)ccc1OCc1c(OC(F)F)cccc1-n1nnn(C)c1=O. The van der Waals surface area contributed by atoms with Crippen molar-refractivity contribution in [1.29, 1.82) is 0 Å². The molecule has 0 fully saturated rings. The predicted molar refractivity (Wildman–Crippen MR) is 90.4 cm³/mol. The molecule has 0 saturated heterocycles. The molecule has 0 bridgehead atoms. The van der Waals surface area contributed by atoms with Gasteiger partial charge in [0.25, 0.3) is 0 Å². The highest BCUT2D eigenvalue weighted by Crippen LogP contribution is 2.29. The molecule has 0 spiro atoms. The van der Waals surface area contributed by atoms with Crippen LogP contribution in [0.1, 0.15) is 11.1 Å². The number of aryl methyl sites for hydroxylation is 2. The molecule has 1 heterocycles. The molecule has 27 heavy (non-hydrogen) atoms. The van der Waals surface area contributed by atoms with Gasteiger partial charge < -0.3 is 14.6 Å². The van der Waals surface area contributed by atoms with Crippen LogP contribution in [-0.2, 0) is 13.7 Å². The van der Waals surface area contributed by atoms with Crippen LogP contribution in [0.5, 0.6) is 17.2 Å². The van der Waals surface area contributed by atoms with E-state index in [0.29, 0.717) is 11.3 Å². The second-order valence-electron chi connectivity index (χ2n) is 5.67. The Kier molecular flexibility index (Phi) is 5.06. The summed E-state index contributed by atoms with van der Waals surface area (Å²) in [5.41, 5.74) is 0.516. The average Bonchev–Trinajstić information content (AvgIpc) is 2.93. The van der Waals surface area contributed by atoms with Gasteiger partial charge in [0.15, 0.2) is 0 Å². The Bertz CT molecular complexity index is 1020. The van der Waals surface area contributed by atoms with Gasteiger partial charge in [-0.2, -0.15) is 18.1 Å². The molecule has 3 rings (SSSR count). The van der Waals surface area contributed by atoms with Crippen LogP contribution in [0, 0.1) is 6.92 Å². The van der Waals surface area contributed by atoms with E-state index in [-0.39, 0.29) is 29.4 Å². The van der Waals surface area contributed by atoms with E-state index in [0.717, 1.165) is 9.36 Å². The van der Waals surface area contributed by atoms with E-state index in [1.807, 2.05) is 0 Å². The maximum absolute atomic E-state index is 12.8. The fraction of sp³-hybridized carbons (Fsp3) is 0.235. The largest absolute Gasteiger partial charge is 0.508 e. The predicted octanol–water partition coefficient (Wildman–Crippen LogP) is 2.16.